The molecule has 2 aromatic rings. The molecule has 0 heterocycles. The Balaban J connectivity index is 2.10. The maximum absolute atomic E-state index is 13.1. The second kappa shape index (κ2) is 9.15. The van der Waals surface area contributed by atoms with E-state index in [2.05, 4.69) is 10.6 Å². The molecule has 0 spiro atoms. The monoisotopic (exact) mass is 408 g/mol. The zero-order valence-electron chi connectivity index (χ0n) is 15.9. The molecule has 0 bridgehead atoms. The highest BCUT2D eigenvalue weighted by Gasteiger charge is 2.28. The summed E-state index contributed by atoms with van der Waals surface area (Å²) in [7, 11) is 0. The van der Waals surface area contributed by atoms with Gasteiger partial charge in [-0.25, -0.2) is 8.78 Å². The molecule has 2 rings (SSSR count). The van der Waals surface area contributed by atoms with Crippen molar-refractivity contribution in [3.63, 3.8) is 0 Å². The standard InChI is InChI=1S/C21H23ClF2N2O2/c1-21(2,3)17(26-19(27)13-8-10-14(22)11-9-13)12-25-20(28)16-7-5-4-6-15(16)18(23)24/h4-11,17-18H,12H2,1-3H3,(H,25,28)(H,26,27). The van der Waals surface area contributed by atoms with E-state index in [1.54, 1.807) is 24.3 Å². The van der Waals surface area contributed by atoms with E-state index in [-0.39, 0.29) is 29.0 Å². The molecule has 0 aliphatic rings. The van der Waals surface area contributed by atoms with Crippen LogP contribution in [0.15, 0.2) is 48.5 Å². The zero-order chi connectivity index (χ0) is 20.9. The summed E-state index contributed by atoms with van der Waals surface area (Å²) in [6.45, 7) is 5.84. The molecule has 2 N–H and O–H groups in total. The first kappa shape index (κ1) is 21.8. The van der Waals surface area contributed by atoms with Crippen molar-refractivity contribution in [2.24, 2.45) is 5.41 Å². The minimum absolute atomic E-state index is 0.0748. The van der Waals surface area contributed by atoms with E-state index in [1.807, 2.05) is 20.8 Å². The number of carbonyl (C=O) groups excluding carboxylic acids is 2. The average Bonchev–Trinajstić information content (AvgIpc) is 2.64. The smallest absolute Gasteiger partial charge is 0.264 e. The lowest BCUT2D eigenvalue weighted by Gasteiger charge is -2.32. The quantitative estimate of drug-likeness (QED) is 0.717. The van der Waals surface area contributed by atoms with Crippen LogP contribution in [0.25, 0.3) is 0 Å². The normalized spacial score (nSPS) is 12.5. The van der Waals surface area contributed by atoms with Gasteiger partial charge in [0.2, 0.25) is 0 Å². The number of hydrogen-bond acceptors (Lipinski definition) is 2. The van der Waals surface area contributed by atoms with Crippen LogP contribution in [-0.2, 0) is 0 Å². The molecule has 7 heteroatoms. The number of alkyl halides is 2. The Morgan fingerprint density at radius 3 is 2.18 bits per heavy atom. The molecule has 0 aliphatic carbocycles. The Labute approximate surface area is 168 Å². The van der Waals surface area contributed by atoms with Crippen LogP contribution >= 0.6 is 11.6 Å². The van der Waals surface area contributed by atoms with Gasteiger partial charge in [0.25, 0.3) is 18.2 Å². The lowest BCUT2D eigenvalue weighted by molar-refractivity contribution is 0.0868. The van der Waals surface area contributed by atoms with Crippen LogP contribution in [0.3, 0.4) is 0 Å². The van der Waals surface area contributed by atoms with E-state index < -0.39 is 18.4 Å². The summed E-state index contributed by atoms with van der Waals surface area (Å²) in [4.78, 5) is 24.9. The molecule has 1 atom stereocenters. The van der Waals surface area contributed by atoms with Crippen molar-refractivity contribution in [1.29, 1.82) is 0 Å². The first-order chi connectivity index (χ1) is 13.1. The summed E-state index contributed by atoms with van der Waals surface area (Å²) in [5.74, 6) is -0.912. The van der Waals surface area contributed by atoms with Gasteiger partial charge in [0, 0.05) is 28.3 Å². The minimum atomic E-state index is -2.75. The van der Waals surface area contributed by atoms with Crippen LogP contribution in [0.2, 0.25) is 5.02 Å². The van der Waals surface area contributed by atoms with Crippen LogP contribution in [0.1, 0.15) is 53.5 Å². The topological polar surface area (TPSA) is 58.2 Å². The molecule has 28 heavy (non-hydrogen) atoms. The first-order valence-corrected chi connectivity index (χ1v) is 9.19. The van der Waals surface area contributed by atoms with Crippen molar-refractivity contribution in [2.45, 2.75) is 33.2 Å². The predicted octanol–water partition coefficient (Wildman–Crippen LogP) is 4.85. The van der Waals surface area contributed by atoms with Gasteiger partial charge in [-0.05, 0) is 35.7 Å². The summed E-state index contributed by atoms with van der Waals surface area (Å²) < 4.78 is 26.2. The van der Waals surface area contributed by atoms with Crippen LogP contribution in [0, 0.1) is 5.41 Å². The number of carbonyl (C=O) groups is 2. The first-order valence-electron chi connectivity index (χ1n) is 8.81. The largest absolute Gasteiger partial charge is 0.350 e. The summed E-state index contributed by atoms with van der Waals surface area (Å²) in [6.07, 6.45) is -2.75. The van der Waals surface area contributed by atoms with Gasteiger partial charge in [-0.2, -0.15) is 0 Å². The van der Waals surface area contributed by atoms with Gasteiger partial charge in [0.1, 0.15) is 0 Å². The number of amides is 2. The van der Waals surface area contributed by atoms with Crippen LogP contribution in [0.5, 0.6) is 0 Å². The summed E-state index contributed by atoms with van der Waals surface area (Å²) in [5, 5.41) is 6.07. The van der Waals surface area contributed by atoms with Crippen molar-refractivity contribution < 1.29 is 18.4 Å². The number of rotatable bonds is 6. The van der Waals surface area contributed by atoms with Gasteiger partial charge in [-0.3, -0.25) is 9.59 Å². The number of nitrogens with one attached hydrogen (secondary N) is 2. The molecule has 2 amide bonds. The fourth-order valence-electron chi connectivity index (χ4n) is 2.60. The predicted molar refractivity (Wildman–Crippen MR) is 106 cm³/mol. The van der Waals surface area contributed by atoms with E-state index in [1.165, 1.54) is 24.3 Å². The third-order valence-electron chi connectivity index (χ3n) is 4.36. The Kier molecular flexibility index (Phi) is 7.13. The van der Waals surface area contributed by atoms with Crippen molar-refractivity contribution in [2.75, 3.05) is 6.54 Å². The van der Waals surface area contributed by atoms with Crippen molar-refractivity contribution in [3.8, 4) is 0 Å². The van der Waals surface area contributed by atoms with E-state index in [0.717, 1.165) is 0 Å². The summed E-state index contributed by atoms with van der Waals surface area (Å²) >= 11 is 5.84. The SMILES string of the molecule is CC(C)(C)C(CNC(=O)c1ccccc1C(F)F)NC(=O)c1ccc(Cl)cc1. The lowest BCUT2D eigenvalue weighted by atomic mass is 9.86. The molecule has 0 aliphatic heterocycles. The Morgan fingerprint density at radius 1 is 1.00 bits per heavy atom. The molecule has 1 unspecified atom stereocenters. The molecule has 0 saturated heterocycles. The molecular formula is C21H23ClF2N2O2. The van der Waals surface area contributed by atoms with E-state index in [9.17, 15) is 18.4 Å². The number of halogens is 3. The Morgan fingerprint density at radius 2 is 1.61 bits per heavy atom. The van der Waals surface area contributed by atoms with Gasteiger partial charge in [0.15, 0.2) is 0 Å². The lowest BCUT2D eigenvalue weighted by Crippen LogP contribution is -2.50. The second-order valence-corrected chi connectivity index (χ2v) is 7.93. The van der Waals surface area contributed by atoms with Gasteiger partial charge >= 0.3 is 0 Å². The number of benzene rings is 2. The zero-order valence-corrected chi connectivity index (χ0v) is 16.7. The van der Waals surface area contributed by atoms with Gasteiger partial charge < -0.3 is 10.6 Å². The van der Waals surface area contributed by atoms with Gasteiger partial charge in [0.05, 0.1) is 6.04 Å². The molecule has 0 fully saturated rings. The Hall–Kier alpha value is -2.47. The molecule has 0 saturated carbocycles. The summed E-state index contributed by atoms with van der Waals surface area (Å²) in [5.41, 5.74) is -0.336. The molecular weight excluding hydrogens is 386 g/mol. The van der Waals surface area contributed by atoms with Crippen LogP contribution in [-0.4, -0.2) is 24.4 Å². The van der Waals surface area contributed by atoms with Crippen molar-refractivity contribution >= 4 is 23.4 Å². The summed E-state index contributed by atoms with van der Waals surface area (Å²) in [6, 6.07) is 11.6. The van der Waals surface area contributed by atoms with Gasteiger partial charge in [-0.15, -0.1) is 0 Å². The molecule has 150 valence electrons. The fraction of sp³-hybridized carbons (Fsp3) is 0.333. The maximum Gasteiger partial charge on any atom is 0.264 e. The van der Waals surface area contributed by atoms with E-state index >= 15 is 0 Å². The third-order valence-corrected chi connectivity index (χ3v) is 4.62. The average molecular weight is 409 g/mol. The van der Waals surface area contributed by atoms with Crippen molar-refractivity contribution in [1.82, 2.24) is 10.6 Å². The minimum Gasteiger partial charge on any atom is -0.350 e. The fourth-order valence-corrected chi connectivity index (χ4v) is 2.73. The second-order valence-electron chi connectivity index (χ2n) is 7.50. The number of hydrogen-bond donors (Lipinski definition) is 2. The van der Waals surface area contributed by atoms with E-state index in [4.69, 9.17) is 11.6 Å². The highest BCUT2D eigenvalue weighted by molar-refractivity contribution is 6.30. The highest BCUT2D eigenvalue weighted by Crippen LogP contribution is 2.23. The van der Waals surface area contributed by atoms with Crippen LogP contribution in [0.4, 0.5) is 8.78 Å². The van der Waals surface area contributed by atoms with E-state index in [0.29, 0.717) is 10.6 Å². The van der Waals surface area contributed by atoms with Crippen LogP contribution < -0.4 is 10.6 Å². The molecule has 0 aromatic heterocycles. The molecule has 0 radical (unpaired) electrons. The molecule has 2 aromatic carbocycles. The van der Waals surface area contributed by atoms with Gasteiger partial charge in [-0.1, -0.05) is 50.6 Å². The van der Waals surface area contributed by atoms with Crippen molar-refractivity contribution in [3.05, 3.63) is 70.2 Å². The Bertz CT molecular complexity index is 833. The maximum atomic E-state index is 13.1. The highest BCUT2D eigenvalue weighted by atomic mass is 35.5. The molecule has 4 nitrogen and oxygen atoms in total. The third kappa shape index (κ3) is 5.76.